The van der Waals surface area contributed by atoms with Crippen LogP contribution in [0.1, 0.15) is 24.7 Å². The third-order valence-electron chi connectivity index (χ3n) is 5.78. The minimum absolute atomic E-state index is 0.0181. The number of aromatic nitrogens is 2. The summed E-state index contributed by atoms with van der Waals surface area (Å²) in [7, 11) is 0. The molecule has 2 unspecified atom stereocenters. The van der Waals surface area contributed by atoms with Gasteiger partial charge < -0.3 is 14.2 Å². The summed E-state index contributed by atoms with van der Waals surface area (Å²) in [5.74, 6) is -0.924. The lowest BCUT2D eigenvalue weighted by atomic mass is 10.1. The monoisotopic (exact) mass is 431 g/mol. The molecule has 0 bridgehead atoms. The molecule has 2 atom stereocenters. The van der Waals surface area contributed by atoms with Gasteiger partial charge in [-0.1, -0.05) is 41.5 Å². The topological polar surface area (TPSA) is 109 Å². The zero-order chi connectivity index (χ0) is 22.1. The predicted molar refractivity (Wildman–Crippen MR) is 116 cm³/mol. The summed E-state index contributed by atoms with van der Waals surface area (Å²) >= 11 is 0. The van der Waals surface area contributed by atoms with Gasteiger partial charge in [0, 0.05) is 37.3 Å². The first kappa shape index (κ1) is 19.9. The molecule has 2 aliphatic heterocycles. The number of rotatable bonds is 5. The van der Waals surface area contributed by atoms with Gasteiger partial charge in [-0.3, -0.25) is 19.7 Å². The highest BCUT2D eigenvalue weighted by molar-refractivity contribution is 6.03. The van der Waals surface area contributed by atoms with Crippen LogP contribution in [0.5, 0.6) is 0 Å². The van der Waals surface area contributed by atoms with Crippen LogP contribution in [0, 0.1) is 5.92 Å². The molecule has 2 aliphatic rings. The zero-order valence-electron chi connectivity index (χ0n) is 17.2. The molecule has 9 nitrogen and oxygen atoms in total. The third-order valence-corrected chi connectivity index (χ3v) is 5.78. The highest BCUT2D eigenvalue weighted by Crippen LogP contribution is 2.32. The minimum Gasteiger partial charge on any atom is -0.407 e. The van der Waals surface area contributed by atoms with E-state index in [-0.39, 0.29) is 42.5 Å². The smallest absolute Gasteiger partial charge is 0.322 e. The fraction of sp³-hybridized carbons (Fsp3) is 0.261. The van der Waals surface area contributed by atoms with E-state index in [4.69, 9.17) is 4.42 Å². The Morgan fingerprint density at radius 1 is 0.844 bits per heavy atom. The molecule has 5 rings (SSSR count). The van der Waals surface area contributed by atoms with Crippen molar-refractivity contribution in [2.75, 3.05) is 28.2 Å². The average Bonchev–Trinajstić information content (AvgIpc) is 3.53. The van der Waals surface area contributed by atoms with Gasteiger partial charge in [0.1, 0.15) is 0 Å². The van der Waals surface area contributed by atoms with Crippen molar-refractivity contribution in [3.8, 4) is 0 Å². The number of carbonyl (C=O) groups is 3. The van der Waals surface area contributed by atoms with Crippen LogP contribution in [0.25, 0.3) is 0 Å². The standard InChI is InChI=1S/C23H21N5O4/c29-19-11-15(13-27(19)17-7-3-1-4-8-17)21(31)24-23-26-25-22(32-23)16-12-20(30)28(14-16)18-9-5-2-6-10-18/h1-10,15-16H,11-14H2,(H,24,26,31). The van der Waals surface area contributed by atoms with Crippen molar-refractivity contribution in [1.29, 1.82) is 0 Å². The van der Waals surface area contributed by atoms with Gasteiger partial charge in [-0.05, 0) is 24.3 Å². The van der Waals surface area contributed by atoms with Gasteiger partial charge in [-0.25, -0.2) is 0 Å². The van der Waals surface area contributed by atoms with Crippen LogP contribution in [0.15, 0.2) is 65.1 Å². The lowest BCUT2D eigenvalue weighted by molar-refractivity contribution is -0.122. The Hall–Kier alpha value is -4.01. The number of anilines is 3. The molecule has 3 aromatic rings. The average molecular weight is 431 g/mol. The van der Waals surface area contributed by atoms with Gasteiger partial charge >= 0.3 is 6.01 Å². The molecule has 1 aromatic heterocycles. The number of amides is 3. The minimum atomic E-state index is -0.514. The number of hydrogen-bond acceptors (Lipinski definition) is 6. The van der Waals surface area contributed by atoms with Crippen LogP contribution >= 0.6 is 0 Å². The summed E-state index contributed by atoms with van der Waals surface area (Å²) in [6, 6.07) is 18.6. The number of carbonyl (C=O) groups excluding carboxylic acids is 3. The normalized spacial score (nSPS) is 20.8. The second-order valence-electron chi connectivity index (χ2n) is 7.92. The van der Waals surface area contributed by atoms with Crippen molar-refractivity contribution < 1.29 is 18.8 Å². The van der Waals surface area contributed by atoms with Crippen LogP contribution in [-0.2, 0) is 14.4 Å². The van der Waals surface area contributed by atoms with E-state index in [1.165, 1.54) is 0 Å². The second kappa shape index (κ2) is 8.26. The Bertz CT molecular complexity index is 1150. The molecule has 2 aromatic carbocycles. The number of nitrogens with zero attached hydrogens (tertiary/aromatic N) is 4. The van der Waals surface area contributed by atoms with E-state index in [1.807, 2.05) is 60.7 Å². The maximum Gasteiger partial charge on any atom is 0.322 e. The number of benzene rings is 2. The molecule has 9 heteroatoms. The number of nitrogens with one attached hydrogen (secondary N) is 1. The first-order valence-electron chi connectivity index (χ1n) is 10.4. The molecular weight excluding hydrogens is 410 g/mol. The molecule has 0 aliphatic carbocycles. The van der Waals surface area contributed by atoms with E-state index in [9.17, 15) is 14.4 Å². The zero-order valence-corrected chi connectivity index (χ0v) is 17.2. The van der Waals surface area contributed by atoms with E-state index < -0.39 is 5.92 Å². The van der Waals surface area contributed by atoms with Gasteiger partial charge in [0.05, 0.1) is 11.8 Å². The third kappa shape index (κ3) is 3.84. The Balaban J connectivity index is 1.22. The first-order chi connectivity index (χ1) is 15.6. The highest BCUT2D eigenvalue weighted by atomic mass is 16.4. The van der Waals surface area contributed by atoms with Crippen LogP contribution in [-0.4, -0.2) is 41.0 Å². The van der Waals surface area contributed by atoms with Gasteiger partial charge in [-0.15, -0.1) is 5.10 Å². The van der Waals surface area contributed by atoms with Crippen LogP contribution in [0.4, 0.5) is 17.4 Å². The van der Waals surface area contributed by atoms with E-state index in [0.29, 0.717) is 19.0 Å². The van der Waals surface area contributed by atoms with E-state index >= 15 is 0 Å². The molecule has 3 heterocycles. The Kier molecular flexibility index (Phi) is 5.14. The van der Waals surface area contributed by atoms with Crippen molar-refractivity contribution in [2.24, 2.45) is 5.92 Å². The predicted octanol–water partition coefficient (Wildman–Crippen LogP) is 2.58. The summed E-state index contributed by atoms with van der Waals surface area (Å²) in [5, 5.41) is 10.6. The molecule has 3 amide bonds. The molecule has 0 spiro atoms. The molecule has 2 fully saturated rings. The highest BCUT2D eigenvalue weighted by Gasteiger charge is 2.37. The van der Waals surface area contributed by atoms with Crippen LogP contribution in [0.3, 0.4) is 0 Å². The summed E-state index contributed by atoms with van der Waals surface area (Å²) < 4.78 is 5.64. The van der Waals surface area contributed by atoms with Crippen LogP contribution in [0.2, 0.25) is 0 Å². The molecule has 2 saturated heterocycles. The molecule has 0 radical (unpaired) electrons. The van der Waals surface area contributed by atoms with Crippen molar-refractivity contribution in [2.45, 2.75) is 18.8 Å². The van der Waals surface area contributed by atoms with Gasteiger partial charge in [-0.2, -0.15) is 0 Å². The molecule has 0 saturated carbocycles. The van der Waals surface area contributed by atoms with Gasteiger partial charge in [0.25, 0.3) is 0 Å². The number of hydrogen-bond donors (Lipinski definition) is 1. The second-order valence-corrected chi connectivity index (χ2v) is 7.92. The molecule has 1 N–H and O–H groups in total. The Morgan fingerprint density at radius 2 is 1.44 bits per heavy atom. The fourth-order valence-electron chi connectivity index (χ4n) is 4.13. The summed E-state index contributed by atoms with van der Waals surface area (Å²) in [6.07, 6.45) is 0.374. The summed E-state index contributed by atoms with van der Waals surface area (Å²) in [5.41, 5.74) is 1.59. The van der Waals surface area contributed by atoms with E-state index in [2.05, 4.69) is 15.5 Å². The van der Waals surface area contributed by atoms with Crippen molar-refractivity contribution >= 4 is 35.1 Å². The Labute approximate surface area is 184 Å². The summed E-state index contributed by atoms with van der Waals surface area (Å²) in [6.45, 7) is 0.723. The lowest BCUT2D eigenvalue weighted by Gasteiger charge is -2.16. The quantitative estimate of drug-likeness (QED) is 0.665. The largest absolute Gasteiger partial charge is 0.407 e. The molecular formula is C23H21N5O4. The first-order valence-corrected chi connectivity index (χ1v) is 10.4. The van der Waals surface area contributed by atoms with Gasteiger partial charge in [0.2, 0.25) is 23.6 Å². The van der Waals surface area contributed by atoms with E-state index in [1.54, 1.807) is 9.80 Å². The number of para-hydroxylation sites is 2. The van der Waals surface area contributed by atoms with Crippen molar-refractivity contribution in [1.82, 2.24) is 10.2 Å². The maximum atomic E-state index is 12.7. The molecule has 32 heavy (non-hydrogen) atoms. The van der Waals surface area contributed by atoms with Gasteiger partial charge in [0.15, 0.2) is 0 Å². The Morgan fingerprint density at radius 3 is 2.09 bits per heavy atom. The fourth-order valence-corrected chi connectivity index (χ4v) is 4.13. The molecule has 162 valence electrons. The summed E-state index contributed by atoms with van der Waals surface area (Å²) in [4.78, 5) is 40.8. The maximum absolute atomic E-state index is 12.7. The SMILES string of the molecule is O=C(Nc1nnc(C2CC(=O)N(c3ccccc3)C2)o1)C1CC(=O)N(c2ccccc2)C1. The van der Waals surface area contributed by atoms with Crippen molar-refractivity contribution in [3.05, 3.63) is 66.6 Å². The van der Waals surface area contributed by atoms with Crippen molar-refractivity contribution in [3.63, 3.8) is 0 Å². The van der Waals surface area contributed by atoms with E-state index in [0.717, 1.165) is 11.4 Å². The lowest BCUT2D eigenvalue weighted by Crippen LogP contribution is -2.28. The van der Waals surface area contributed by atoms with Crippen LogP contribution < -0.4 is 15.1 Å².